The molecule has 0 radical (unpaired) electrons. The van der Waals surface area contributed by atoms with Gasteiger partial charge in [0.15, 0.2) is 0 Å². The van der Waals surface area contributed by atoms with Crippen LogP contribution in [0.4, 0.5) is 0 Å². The highest BCUT2D eigenvalue weighted by molar-refractivity contribution is 5.55. The van der Waals surface area contributed by atoms with Crippen molar-refractivity contribution in [2.24, 2.45) is 0 Å². The van der Waals surface area contributed by atoms with Gasteiger partial charge in [-0.15, -0.1) is 0 Å². The van der Waals surface area contributed by atoms with Crippen LogP contribution in [0.1, 0.15) is 38.5 Å². The van der Waals surface area contributed by atoms with E-state index in [0.29, 0.717) is 6.04 Å². The van der Waals surface area contributed by atoms with Crippen LogP contribution in [0.25, 0.3) is 11.3 Å². The van der Waals surface area contributed by atoms with E-state index < -0.39 is 0 Å². The van der Waals surface area contributed by atoms with Crippen molar-refractivity contribution in [1.82, 2.24) is 10.3 Å². The summed E-state index contributed by atoms with van der Waals surface area (Å²) in [5, 5.41) is 3.49. The standard InChI is InChI=1S/C15H20N2O/c1-3-9-17-13(4-2)15-8-7-14(18-15)12-6-5-10-16-11-12/h5-8,10-11,13,17H,3-4,9H2,1-2H3. The van der Waals surface area contributed by atoms with Gasteiger partial charge >= 0.3 is 0 Å². The van der Waals surface area contributed by atoms with E-state index in [0.717, 1.165) is 36.5 Å². The van der Waals surface area contributed by atoms with E-state index in [1.165, 1.54) is 0 Å². The van der Waals surface area contributed by atoms with Gasteiger partial charge in [-0.25, -0.2) is 0 Å². The molecular formula is C15H20N2O. The molecule has 2 aromatic heterocycles. The Bertz CT molecular complexity index is 464. The Kier molecular flexibility index (Phi) is 4.53. The lowest BCUT2D eigenvalue weighted by Crippen LogP contribution is -2.20. The Hall–Kier alpha value is -1.61. The summed E-state index contributed by atoms with van der Waals surface area (Å²) in [5.41, 5.74) is 1.02. The van der Waals surface area contributed by atoms with Crippen molar-refractivity contribution in [1.29, 1.82) is 0 Å². The molecule has 0 spiro atoms. The maximum atomic E-state index is 5.92. The molecule has 0 aliphatic rings. The van der Waals surface area contributed by atoms with Crippen molar-refractivity contribution in [3.8, 4) is 11.3 Å². The third kappa shape index (κ3) is 2.99. The molecule has 1 atom stereocenters. The van der Waals surface area contributed by atoms with Gasteiger partial charge in [0.25, 0.3) is 0 Å². The van der Waals surface area contributed by atoms with E-state index in [9.17, 15) is 0 Å². The van der Waals surface area contributed by atoms with E-state index in [-0.39, 0.29) is 0 Å². The summed E-state index contributed by atoms with van der Waals surface area (Å²) in [4.78, 5) is 4.11. The molecule has 2 heterocycles. The van der Waals surface area contributed by atoms with Gasteiger partial charge in [0.05, 0.1) is 6.04 Å². The van der Waals surface area contributed by atoms with Gasteiger partial charge in [0.2, 0.25) is 0 Å². The van der Waals surface area contributed by atoms with Crippen molar-refractivity contribution in [2.45, 2.75) is 32.7 Å². The lowest BCUT2D eigenvalue weighted by Gasteiger charge is -2.13. The minimum atomic E-state index is 0.301. The van der Waals surface area contributed by atoms with Gasteiger partial charge < -0.3 is 9.73 Å². The lowest BCUT2D eigenvalue weighted by atomic mass is 10.1. The fraction of sp³-hybridized carbons (Fsp3) is 0.400. The minimum absolute atomic E-state index is 0.301. The van der Waals surface area contributed by atoms with Crippen molar-refractivity contribution < 1.29 is 4.42 Å². The molecule has 0 fully saturated rings. The Morgan fingerprint density at radius 1 is 1.28 bits per heavy atom. The second-order valence-corrected chi connectivity index (χ2v) is 4.36. The number of furan rings is 1. The van der Waals surface area contributed by atoms with E-state index in [1.807, 2.05) is 24.4 Å². The summed E-state index contributed by atoms with van der Waals surface area (Å²) in [7, 11) is 0. The SMILES string of the molecule is CCCNC(CC)c1ccc(-c2cccnc2)o1. The van der Waals surface area contributed by atoms with Gasteiger partial charge in [-0.3, -0.25) is 4.98 Å². The van der Waals surface area contributed by atoms with E-state index in [4.69, 9.17) is 4.42 Å². The predicted molar refractivity (Wildman–Crippen MR) is 73.3 cm³/mol. The van der Waals surface area contributed by atoms with Gasteiger partial charge in [-0.2, -0.15) is 0 Å². The zero-order valence-electron chi connectivity index (χ0n) is 11.0. The number of rotatable bonds is 6. The summed E-state index contributed by atoms with van der Waals surface area (Å²) < 4.78 is 5.92. The first kappa shape index (κ1) is 12.8. The molecule has 0 bridgehead atoms. The summed E-state index contributed by atoms with van der Waals surface area (Å²) >= 11 is 0. The van der Waals surface area contributed by atoms with Crippen LogP contribution in [-0.2, 0) is 0 Å². The Morgan fingerprint density at radius 2 is 2.17 bits per heavy atom. The number of pyridine rings is 1. The van der Waals surface area contributed by atoms with Crippen molar-refractivity contribution in [2.75, 3.05) is 6.54 Å². The minimum Gasteiger partial charge on any atom is -0.459 e. The largest absolute Gasteiger partial charge is 0.459 e. The molecule has 0 amide bonds. The topological polar surface area (TPSA) is 38.1 Å². The van der Waals surface area contributed by atoms with Gasteiger partial charge in [0, 0.05) is 18.0 Å². The highest BCUT2D eigenvalue weighted by Gasteiger charge is 2.13. The van der Waals surface area contributed by atoms with Gasteiger partial charge in [0.1, 0.15) is 11.5 Å². The quantitative estimate of drug-likeness (QED) is 0.840. The fourth-order valence-electron chi connectivity index (χ4n) is 1.97. The molecule has 0 aliphatic carbocycles. The van der Waals surface area contributed by atoms with Gasteiger partial charge in [-0.05, 0) is 43.7 Å². The Labute approximate surface area is 108 Å². The molecule has 3 heteroatoms. The van der Waals surface area contributed by atoms with Crippen LogP contribution in [-0.4, -0.2) is 11.5 Å². The Morgan fingerprint density at radius 3 is 2.83 bits per heavy atom. The third-order valence-corrected chi connectivity index (χ3v) is 2.97. The predicted octanol–water partition coefficient (Wildman–Crippen LogP) is 3.79. The second-order valence-electron chi connectivity index (χ2n) is 4.36. The number of nitrogens with zero attached hydrogens (tertiary/aromatic N) is 1. The summed E-state index contributed by atoms with van der Waals surface area (Å²) in [6.07, 6.45) is 5.75. The molecule has 18 heavy (non-hydrogen) atoms. The maximum absolute atomic E-state index is 5.92. The van der Waals surface area contributed by atoms with Crippen LogP contribution in [0, 0.1) is 0 Å². The van der Waals surface area contributed by atoms with Crippen LogP contribution < -0.4 is 5.32 Å². The summed E-state index contributed by atoms with van der Waals surface area (Å²) in [6, 6.07) is 8.30. The molecule has 1 unspecified atom stereocenters. The molecule has 2 aromatic rings. The number of hydrogen-bond donors (Lipinski definition) is 1. The highest BCUT2D eigenvalue weighted by atomic mass is 16.3. The molecule has 0 aliphatic heterocycles. The first-order chi connectivity index (χ1) is 8.85. The van der Waals surface area contributed by atoms with Crippen LogP contribution in [0.2, 0.25) is 0 Å². The first-order valence-corrected chi connectivity index (χ1v) is 6.58. The normalized spacial score (nSPS) is 12.6. The lowest BCUT2D eigenvalue weighted by molar-refractivity contribution is 0.411. The van der Waals surface area contributed by atoms with Crippen LogP contribution in [0.3, 0.4) is 0 Å². The van der Waals surface area contributed by atoms with Crippen LogP contribution in [0.15, 0.2) is 41.1 Å². The molecule has 1 N–H and O–H groups in total. The summed E-state index contributed by atoms with van der Waals surface area (Å²) in [6.45, 7) is 5.35. The zero-order chi connectivity index (χ0) is 12.8. The maximum Gasteiger partial charge on any atom is 0.135 e. The molecule has 0 saturated carbocycles. The summed E-state index contributed by atoms with van der Waals surface area (Å²) in [5.74, 6) is 1.89. The molecule has 2 rings (SSSR count). The van der Waals surface area contributed by atoms with Crippen LogP contribution >= 0.6 is 0 Å². The molecule has 0 saturated heterocycles. The first-order valence-electron chi connectivity index (χ1n) is 6.58. The zero-order valence-corrected chi connectivity index (χ0v) is 11.0. The Balaban J connectivity index is 2.14. The molecule has 3 nitrogen and oxygen atoms in total. The highest BCUT2D eigenvalue weighted by Crippen LogP contribution is 2.26. The molecule has 0 aromatic carbocycles. The number of hydrogen-bond acceptors (Lipinski definition) is 3. The van der Waals surface area contributed by atoms with Gasteiger partial charge in [-0.1, -0.05) is 13.8 Å². The van der Waals surface area contributed by atoms with E-state index in [2.05, 4.69) is 30.2 Å². The average Bonchev–Trinajstić information content (AvgIpc) is 2.90. The van der Waals surface area contributed by atoms with Crippen molar-refractivity contribution in [3.63, 3.8) is 0 Å². The fourth-order valence-corrected chi connectivity index (χ4v) is 1.97. The van der Waals surface area contributed by atoms with Crippen molar-refractivity contribution in [3.05, 3.63) is 42.4 Å². The third-order valence-electron chi connectivity index (χ3n) is 2.97. The number of aromatic nitrogens is 1. The number of nitrogens with one attached hydrogen (secondary N) is 1. The van der Waals surface area contributed by atoms with E-state index in [1.54, 1.807) is 6.20 Å². The monoisotopic (exact) mass is 244 g/mol. The second kappa shape index (κ2) is 6.36. The van der Waals surface area contributed by atoms with Crippen LogP contribution in [0.5, 0.6) is 0 Å². The van der Waals surface area contributed by atoms with E-state index >= 15 is 0 Å². The smallest absolute Gasteiger partial charge is 0.135 e. The molecule has 96 valence electrons. The van der Waals surface area contributed by atoms with Crippen molar-refractivity contribution >= 4 is 0 Å². The average molecular weight is 244 g/mol. The molecular weight excluding hydrogens is 224 g/mol.